The van der Waals surface area contributed by atoms with Gasteiger partial charge in [0.25, 0.3) is 0 Å². The lowest BCUT2D eigenvalue weighted by Crippen LogP contribution is -2.14. The first kappa shape index (κ1) is 14.6. The van der Waals surface area contributed by atoms with Gasteiger partial charge < -0.3 is 5.73 Å². The van der Waals surface area contributed by atoms with Crippen LogP contribution in [0, 0.1) is 11.8 Å². The van der Waals surface area contributed by atoms with Crippen LogP contribution in [0.5, 0.6) is 0 Å². The van der Waals surface area contributed by atoms with Gasteiger partial charge in [-0.15, -0.1) is 0 Å². The molecule has 0 saturated heterocycles. The molecule has 0 rings (SSSR count). The molecule has 0 aromatic carbocycles. The van der Waals surface area contributed by atoms with Gasteiger partial charge in [0, 0.05) is 12.3 Å². The van der Waals surface area contributed by atoms with E-state index < -0.39 is 0 Å². The minimum Gasteiger partial charge on any atom is -0.330 e. The average molecular weight is 213 g/mol. The molecule has 0 heterocycles. The lowest BCUT2D eigenvalue weighted by Gasteiger charge is -2.14. The minimum atomic E-state index is 0.255. The largest absolute Gasteiger partial charge is 0.330 e. The predicted molar refractivity (Wildman–Crippen MR) is 65.8 cm³/mol. The first-order chi connectivity index (χ1) is 7.15. The summed E-state index contributed by atoms with van der Waals surface area (Å²) in [5.41, 5.74) is 5.53. The first-order valence-electron chi connectivity index (χ1n) is 6.38. The Kier molecular flexibility index (Phi) is 8.68. The number of nitrogens with two attached hydrogens (primary N) is 1. The highest BCUT2D eigenvalue weighted by atomic mass is 16.1. The summed E-state index contributed by atoms with van der Waals surface area (Å²) in [5, 5.41) is 0. The zero-order valence-corrected chi connectivity index (χ0v) is 10.6. The van der Waals surface area contributed by atoms with Crippen molar-refractivity contribution in [1.82, 2.24) is 0 Å². The normalized spacial score (nSPS) is 14.9. The Hall–Kier alpha value is -0.370. The number of carbonyl (C=O) groups is 1. The molecular weight excluding hydrogens is 186 g/mol. The van der Waals surface area contributed by atoms with Crippen LogP contribution in [0.2, 0.25) is 0 Å². The van der Waals surface area contributed by atoms with Crippen molar-refractivity contribution in [1.29, 1.82) is 0 Å². The van der Waals surface area contributed by atoms with Crippen LogP contribution in [0.3, 0.4) is 0 Å². The fraction of sp³-hybridized carbons (Fsp3) is 0.923. The van der Waals surface area contributed by atoms with Crippen LogP contribution in [-0.2, 0) is 4.79 Å². The molecule has 0 aliphatic heterocycles. The number of carbonyl (C=O) groups excluding carboxylic acids is 1. The summed E-state index contributed by atoms with van der Waals surface area (Å²) < 4.78 is 0. The quantitative estimate of drug-likeness (QED) is 0.639. The molecule has 2 N–H and O–H groups in total. The van der Waals surface area contributed by atoms with Gasteiger partial charge in [0.2, 0.25) is 0 Å². The molecule has 0 aliphatic rings. The number of hydrogen-bond donors (Lipinski definition) is 1. The molecule has 0 aromatic rings. The topological polar surface area (TPSA) is 43.1 Å². The standard InChI is InChI=1S/C13H27NO/c1-4-6-11(3)13(15)8-7-12(5-2)9-10-14/h11-12H,4-10,14H2,1-3H3. The molecule has 0 amide bonds. The van der Waals surface area contributed by atoms with Gasteiger partial charge in [-0.25, -0.2) is 0 Å². The van der Waals surface area contributed by atoms with Crippen molar-refractivity contribution in [2.45, 2.75) is 59.3 Å². The Balaban J connectivity index is 3.76. The fourth-order valence-electron chi connectivity index (χ4n) is 1.98. The maximum absolute atomic E-state index is 11.7. The second kappa shape index (κ2) is 8.90. The van der Waals surface area contributed by atoms with E-state index in [-0.39, 0.29) is 5.92 Å². The highest BCUT2D eigenvalue weighted by molar-refractivity contribution is 5.80. The van der Waals surface area contributed by atoms with Crippen LogP contribution in [-0.4, -0.2) is 12.3 Å². The summed E-state index contributed by atoms with van der Waals surface area (Å²) in [6, 6.07) is 0. The lowest BCUT2D eigenvalue weighted by atomic mass is 9.91. The molecule has 2 atom stereocenters. The second-order valence-corrected chi connectivity index (χ2v) is 4.55. The van der Waals surface area contributed by atoms with Crippen LogP contribution in [0.15, 0.2) is 0 Å². The minimum absolute atomic E-state index is 0.255. The van der Waals surface area contributed by atoms with Gasteiger partial charge in [-0.3, -0.25) is 4.79 Å². The predicted octanol–water partition coefficient (Wildman–Crippen LogP) is 3.15. The Morgan fingerprint density at radius 3 is 2.33 bits per heavy atom. The summed E-state index contributed by atoms with van der Waals surface area (Å²) in [5.74, 6) is 1.34. The molecule has 0 saturated carbocycles. The molecule has 0 bridgehead atoms. The van der Waals surface area contributed by atoms with E-state index in [1.54, 1.807) is 0 Å². The molecule has 0 aromatic heterocycles. The first-order valence-corrected chi connectivity index (χ1v) is 6.38. The van der Waals surface area contributed by atoms with E-state index in [0.717, 1.165) is 45.1 Å². The van der Waals surface area contributed by atoms with Gasteiger partial charge in [-0.05, 0) is 31.7 Å². The van der Waals surface area contributed by atoms with E-state index in [9.17, 15) is 4.79 Å². The third kappa shape index (κ3) is 6.67. The Labute approximate surface area is 94.6 Å². The molecule has 0 radical (unpaired) electrons. The average Bonchev–Trinajstić information content (AvgIpc) is 2.24. The van der Waals surface area contributed by atoms with Gasteiger partial charge in [0.15, 0.2) is 0 Å². The number of Topliss-reactive ketones (excluding diaryl/α,β-unsaturated/α-hetero) is 1. The van der Waals surface area contributed by atoms with Crippen molar-refractivity contribution >= 4 is 5.78 Å². The van der Waals surface area contributed by atoms with Gasteiger partial charge in [0.05, 0.1) is 0 Å². The Bertz CT molecular complexity index is 168. The molecule has 0 fully saturated rings. The monoisotopic (exact) mass is 213 g/mol. The van der Waals surface area contributed by atoms with Crippen molar-refractivity contribution in [2.24, 2.45) is 17.6 Å². The molecular formula is C13H27NO. The highest BCUT2D eigenvalue weighted by Crippen LogP contribution is 2.17. The zero-order valence-electron chi connectivity index (χ0n) is 10.6. The number of ketones is 1. The van der Waals surface area contributed by atoms with E-state index in [2.05, 4.69) is 20.8 Å². The summed E-state index contributed by atoms with van der Waals surface area (Å²) in [6.07, 6.45) is 6.12. The van der Waals surface area contributed by atoms with Crippen LogP contribution in [0.4, 0.5) is 0 Å². The van der Waals surface area contributed by atoms with Crippen molar-refractivity contribution in [3.05, 3.63) is 0 Å². The molecule has 2 unspecified atom stereocenters. The summed E-state index contributed by atoms with van der Waals surface area (Å²) >= 11 is 0. The number of hydrogen-bond acceptors (Lipinski definition) is 2. The third-order valence-corrected chi connectivity index (χ3v) is 3.22. The third-order valence-electron chi connectivity index (χ3n) is 3.22. The van der Waals surface area contributed by atoms with E-state index in [1.165, 1.54) is 0 Å². The number of rotatable bonds is 9. The van der Waals surface area contributed by atoms with Gasteiger partial charge in [-0.2, -0.15) is 0 Å². The molecule has 0 spiro atoms. The van der Waals surface area contributed by atoms with E-state index in [4.69, 9.17) is 5.73 Å². The van der Waals surface area contributed by atoms with Crippen LogP contribution >= 0.6 is 0 Å². The molecule has 0 aliphatic carbocycles. The van der Waals surface area contributed by atoms with Gasteiger partial charge >= 0.3 is 0 Å². The molecule has 15 heavy (non-hydrogen) atoms. The summed E-state index contributed by atoms with van der Waals surface area (Å²) in [6.45, 7) is 7.11. The zero-order chi connectivity index (χ0) is 11.7. The van der Waals surface area contributed by atoms with Gasteiger partial charge in [0.1, 0.15) is 5.78 Å². The van der Waals surface area contributed by atoms with Crippen LogP contribution < -0.4 is 5.73 Å². The maximum Gasteiger partial charge on any atom is 0.135 e. The van der Waals surface area contributed by atoms with Crippen molar-refractivity contribution < 1.29 is 4.79 Å². The van der Waals surface area contributed by atoms with E-state index in [0.29, 0.717) is 11.7 Å². The van der Waals surface area contributed by atoms with Crippen molar-refractivity contribution in [2.75, 3.05) is 6.54 Å². The Morgan fingerprint density at radius 1 is 1.20 bits per heavy atom. The SMILES string of the molecule is CCCC(C)C(=O)CCC(CC)CCN. The van der Waals surface area contributed by atoms with E-state index in [1.807, 2.05) is 0 Å². The highest BCUT2D eigenvalue weighted by Gasteiger charge is 2.14. The van der Waals surface area contributed by atoms with Crippen LogP contribution in [0.25, 0.3) is 0 Å². The van der Waals surface area contributed by atoms with Crippen molar-refractivity contribution in [3.63, 3.8) is 0 Å². The second-order valence-electron chi connectivity index (χ2n) is 4.55. The fourth-order valence-corrected chi connectivity index (χ4v) is 1.98. The molecule has 2 nitrogen and oxygen atoms in total. The smallest absolute Gasteiger partial charge is 0.135 e. The van der Waals surface area contributed by atoms with Crippen molar-refractivity contribution in [3.8, 4) is 0 Å². The van der Waals surface area contributed by atoms with Crippen LogP contribution in [0.1, 0.15) is 59.3 Å². The maximum atomic E-state index is 11.7. The molecule has 90 valence electrons. The van der Waals surface area contributed by atoms with E-state index >= 15 is 0 Å². The lowest BCUT2D eigenvalue weighted by molar-refractivity contribution is -0.122. The molecule has 2 heteroatoms. The summed E-state index contributed by atoms with van der Waals surface area (Å²) in [4.78, 5) is 11.7. The van der Waals surface area contributed by atoms with Gasteiger partial charge in [-0.1, -0.05) is 33.6 Å². The Morgan fingerprint density at radius 2 is 1.87 bits per heavy atom. The summed E-state index contributed by atoms with van der Waals surface area (Å²) in [7, 11) is 0.